The van der Waals surface area contributed by atoms with Crippen LogP contribution in [0.1, 0.15) is 29.1 Å². The van der Waals surface area contributed by atoms with Crippen LogP contribution in [0.4, 0.5) is 0 Å². The molecule has 146 valence electrons. The fraction of sp³-hybridized carbons (Fsp3) is 0.368. The smallest absolute Gasteiger partial charge is 0.292 e. The third kappa shape index (κ3) is 3.53. The molecule has 1 N–H and O–H groups in total. The number of amides is 1. The van der Waals surface area contributed by atoms with E-state index in [2.05, 4.69) is 10.1 Å². The Kier molecular flexibility index (Phi) is 4.68. The van der Waals surface area contributed by atoms with Gasteiger partial charge in [-0.05, 0) is 38.0 Å². The van der Waals surface area contributed by atoms with Crippen molar-refractivity contribution in [2.24, 2.45) is 0 Å². The number of fused-ring (bicyclic) bond motifs is 1. The number of hydrogen-bond acceptors (Lipinski definition) is 6. The fourth-order valence-corrected chi connectivity index (χ4v) is 3.63. The summed E-state index contributed by atoms with van der Waals surface area (Å²) in [7, 11) is 0. The topological polar surface area (TPSA) is 101 Å². The van der Waals surface area contributed by atoms with Gasteiger partial charge in [0.2, 0.25) is 5.76 Å². The maximum atomic E-state index is 12.7. The SMILES string of the molecule is Cc1cc(C(=O)N2CCC(O)(Cn3cnc4cc(Cl)ccc4c3=O)CC2)on1. The highest BCUT2D eigenvalue weighted by Crippen LogP contribution is 2.25. The molecule has 0 unspecified atom stereocenters. The van der Waals surface area contributed by atoms with Crippen molar-refractivity contribution in [2.75, 3.05) is 13.1 Å². The number of halogens is 1. The van der Waals surface area contributed by atoms with Gasteiger partial charge < -0.3 is 14.5 Å². The Morgan fingerprint density at radius 1 is 1.32 bits per heavy atom. The standard InChI is InChI=1S/C19H19ClN4O4/c1-12-8-16(28-22-12)18(26)23-6-4-19(27,5-7-23)10-24-11-21-15-9-13(20)2-3-14(15)17(24)25/h2-3,8-9,11,27H,4-7,10H2,1H3. The Morgan fingerprint density at radius 3 is 2.75 bits per heavy atom. The molecule has 28 heavy (non-hydrogen) atoms. The third-order valence-electron chi connectivity index (χ3n) is 5.07. The van der Waals surface area contributed by atoms with Crippen LogP contribution in [0.25, 0.3) is 10.9 Å². The fourth-order valence-electron chi connectivity index (χ4n) is 3.47. The van der Waals surface area contributed by atoms with Crippen LogP contribution in [0, 0.1) is 6.92 Å². The quantitative estimate of drug-likeness (QED) is 0.719. The summed E-state index contributed by atoms with van der Waals surface area (Å²) in [6, 6.07) is 6.50. The Bertz CT molecular complexity index is 1100. The van der Waals surface area contributed by atoms with E-state index < -0.39 is 5.60 Å². The number of benzene rings is 1. The summed E-state index contributed by atoms with van der Waals surface area (Å²) in [4.78, 5) is 31.0. The summed E-state index contributed by atoms with van der Waals surface area (Å²) >= 11 is 5.94. The average molecular weight is 403 g/mol. The largest absolute Gasteiger partial charge is 0.388 e. The number of hydrogen-bond donors (Lipinski definition) is 1. The van der Waals surface area contributed by atoms with Crippen molar-refractivity contribution in [1.82, 2.24) is 19.6 Å². The minimum Gasteiger partial charge on any atom is -0.388 e. The van der Waals surface area contributed by atoms with E-state index in [0.717, 1.165) is 0 Å². The van der Waals surface area contributed by atoms with Gasteiger partial charge in [-0.25, -0.2) is 4.98 Å². The molecule has 0 atom stereocenters. The molecule has 4 rings (SSSR count). The Morgan fingerprint density at radius 2 is 2.07 bits per heavy atom. The van der Waals surface area contributed by atoms with Crippen molar-refractivity contribution in [3.8, 4) is 0 Å². The summed E-state index contributed by atoms with van der Waals surface area (Å²) in [5.41, 5.74) is -0.171. The van der Waals surface area contributed by atoms with Crippen molar-refractivity contribution < 1.29 is 14.4 Å². The van der Waals surface area contributed by atoms with Crippen molar-refractivity contribution in [3.63, 3.8) is 0 Å². The van der Waals surface area contributed by atoms with Crippen LogP contribution in [-0.4, -0.2) is 49.3 Å². The molecule has 1 aromatic carbocycles. The maximum Gasteiger partial charge on any atom is 0.292 e. The number of aryl methyl sites for hydroxylation is 1. The number of carbonyl (C=O) groups is 1. The first kappa shape index (κ1) is 18.6. The molecule has 0 spiro atoms. The molecule has 1 saturated heterocycles. The van der Waals surface area contributed by atoms with E-state index in [1.165, 1.54) is 10.9 Å². The van der Waals surface area contributed by atoms with E-state index in [9.17, 15) is 14.7 Å². The van der Waals surface area contributed by atoms with E-state index in [1.807, 2.05) is 0 Å². The van der Waals surface area contributed by atoms with Gasteiger partial charge in [-0.1, -0.05) is 16.8 Å². The van der Waals surface area contributed by atoms with Crippen LogP contribution < -0.4 is 5.56 Å². The summed E-state index contributed by atoms with van der Waals surface area (Å²) in [5.74, 6) is -0.0550. The Hall–Kier alpha value is -2.71. The Balaban J connectivity index is 1.48. The van der Waals surface area contributed by atoms with E-state index in [-0.39, 0.29) is 23.8 Å². The zero-order valence-electron chi connectivity index (χ0n) is 15.3. The van der Waals surface area contributed by atoms with E-state index in [4.69, 9.17) is 16.1 Å². The van der Waals surface area contributed by atoms with Gasteiger partial charge in [0.25, 0.3) is 11.5 Å². The second-order valence-electron chi connectivity index (χ2n) is 7.19. The number of nitrogens with zero attached hydrogens (tertiary/aromatic N) is 4. The summed E-state index contributed by atoms with van der Waals surface area (Å²) in [5, 5.41) is 15.6. The molecule has 1 fully saturated rings. The van der Waals surface area contributed by atoms with E-state index in [0.29, 0.717) is 47.6 Å². The number of likely N-dealkylation sites (tertiary alicyclic amines) is 1. The zero-order valence-corrected chi connectivity index (χ0v) is 16.0. The highest BCUT2D eigenvalue weighted by atomic mass is 35.5. The second-order valence-corrected chi connectivity index (χ2v) is 7.62. The van der Waals surface area contributed by atoms with Crippen LogP contribution in [0.5, 0.6) is 0 Å². The van der Waals surface area contributed by atoms with Gasteiger partial charge in [-0.2, -0.15) is 0 Å². The lowest BCUT2D eigenvalue weighted by Crippen LogP contribution is -2.49. The average Bonchev–Trinajstić information content (AvgIpc) is 3.10. The lowest BCUT2D eigenvalue weighted by molar-refractivity contribution is -0.0305. The minimum absolute atomic E-state index is 0.112. The van der Waals surface area contributed by atoms with Gasteiger partial charge in [-0.3, -0.25) is 14.2 Å². The van der Waals surface area contributed by atoms with Gasteiger partial charge in [0.15, 0.2) is 0 Å². The highest BCUT2D eigenvalue weighted by molar-refractivity contribution is 6.31. The van der Waals surface area contributed by atoms with Gasteiger partial charge in [0.05, 0.1) is 35.1 Å². The molecule has 2 aromatic heterocycles. The van der Waals surface area contributed by atoms with Crippen LogP contribution >= 0.6 is 11.6 Å². The van der Waals surface area contributed by atoms with E-state index >= 15 is 0 Å². The monoisotopic (exact) mass is 402 g/mol. The lowest BCUT2D eigenvalue weighted by atomic mass is 9.91. The molecule has 1 aliphatic heterocycles. The number of piperidine rings is 1. The number of aromatic nitrogens is 3. The first-order chi connectivity index (χ1) is 13.3. The number of aliphatic hydroxyl groups is 1. The summed E-state index contributed by atoms with van der Waals surface area (Å²) in [6.45, 7) is 2.58. The van der Waals surface area contributed by atoms with Gasteiger partial charge in [-0.15, -0.1) is 0 Å². The molecule has 1 amide bonds. The van der Waals surface area contributed by atoms with Gasteiger partial charge in [0, 0.05) is 24.2 Å². The predicted molar refractivity (Wildman–Crippen MR) is 102 cm³/mol. The van der Waals surface area contributed by atoms with Crippen molar-refractivity contribution >= 4 is 28.4 Å². The minimum atomic E-state index is -1.10. The van der Waals surface area contributed by atoms with Gasteiger partial charge in [0.1, 0.15) is 0 Å². The van der Waals surface area contributed by atoms with Crippen LogP contribution in [0.3, 0.4) is 0 Å². The molecule has 3 heterocycles. The number of carbonyl (C=O) groups excluding carboxylic acids is 1. The third-order valence-corrected chi connectivity index (χ3v) is 5.31. The maximum absolute atomic E-state index is 12.7. The van der Waals surface area contributed by atoms with Crippen molar-refractivity contribution in [1.29, 1.82) is 0 Å². The van der Waals surface area contributed by atoms with Crippen LogP contribution in [0.2, 0.25) is 5.02 Å². The van der Waals surface area contributed by atoms with Crippen molar-refractivity contribution in [3.05, 3.63) is 57.4 Å². The predicted octanol–water partition coefficient (Wildman–Crippen LogP) is 2.01. The molecular formula is C19H19ClN4O4. The first-order valence-electron chi connectivity index (χ1n) is 8.94. The summed E-state index contributed by atoms with van der Waals surface area (Å²) < 4.78 is 6.44. The highest BCUT2D eigenvalue weighted by Gasteiger charge is 2.35. The van der Waals surface area contributed by atoms with Gasteiger partial charge >= 0.3 is 0 Å². The zero-order chi connectivity index (χ0) is 19.9. The normalized spacial score (nSPS) is 16.5. The molecule has 3 aromatic rings. The molecule has 0 radical (unpaired) electrons. The van der Waals surface area contributed by atoms with Crippen molar-refractivity contribution in [2.45, 2.75) is 31.9 Å². The Labute approximate surface area is 165 Å². The van der Waals surface area contributed by atoms with E-state index in [1.54, 1.807) is 36.1 Å². The second kappa shape index (κ2) is 7.03. The lowest BCUT2D eigenvalue weighted by Gasteiger charge is -2.38. The molecule has 0 aliphatic carbocycles. The molecule has 8 nitrogen and oxygen atoms in total. The first-order valence-corrected chi connectivity index (χ1v) is 9.32. The van der Waals surface area contributed by atoms with Crippen LogP contribution in [0.15, 0.2) is 39.9 Å². The number of rotatable bonds is 3. The molecule has 0 bridgehead atoms. The molecule has 1 aliphatic rings. The molecule has 9 heteroatoms. The molecular weight excluding hydrogens is 384 g/mol. The summed E-state index contributed by atoms with van der Waals surface area (Å²) in [6.07, 6.45) is 2.11. The van der Waals surface area contributed by atoms with Crippen LogP contribution in [-0.2, 0) is 6.54 Å². The molecule has 0 saturated carbocycles.